The number of hydrogen-bond acceptors (Lipinski definition) is 5. The molecule has 6 nitrogen and oxygen atoms in total. The predicted octanol–water partition coefficient (Wildman–Crippen LogP) is 2.09. The van der Waals surface area contributed by atoms with Gasteiger partial charge in [0.15, 0.2) is 5.84 Å². The zero-order valence-electron chi connectivity index (χ0n) is 11.3. The van der Waals surface area contributed by atoms with Crippen LogP contribution in [0.25, 0.3) is 0 Å². The Labute approximate surface area is 125 Å². The lowest BCUT2D eigenvalue weighted by Gasteiger charge is -2.09. The zero-order chi connectivity index (χ0) is 15.7. The van der Waals surface area contributed by atoms with Crippen molar-refractivity contribution in [1.82, 2.24) is 5.48 Å². The smallest absolute Gasteiger partial charge is 0.335 e. The molecule has 0 aliphatic carbocycles. The first-order valence-corrected chi connectivity index (χ1v) is 6.43. The number of carbonyl (C=O) groups is 1. The predicted molar refractivity (Wildman–Crippen MR) is 77.7 cm³/mol. The van der Waals surface area contributed by atoms with Crippen LogP contribution < -0.4 is 11.2 Å². The molecular weight excluding hydrogens is 289 g/mol. The van der Waals surface area contributed by atoms with Crippen LogP contribution in [-0.4, -0.2) is 16.9 Å². The average Bonchev–Trinajstić information content (AvgIpc) is 2.99. The Morgan fingerprint density at radius 3 is 2.91 bits per heavy atom. The number of aromatic carboxylic acids is 1. The van der Waals surface area contributed by atoms with E-state index in [9.17, 15) is 9.18 Å². The highest BCUT2D eigenvalue weighted by Gasteiger charge is 2.23. The molecule has 4 N–H and O–H groups in total. The highest BCUT2D eigenvalue weighted by Crippen LogP contribution is 2.28. The zero-order valence-corrected chi connectivity index (χ0v) is 11.3. The molecule has 1 unspecified atom stereocenters. The summed E-state index contributed by atoms with van der Waals surface area (Å²) in [5, 5.41) is 9.00. The van der Waals surface area contributed by atoms with E-state index in [0.717, 1.165) is 0 Å². The summed E-state index contributed by atoms with van der Waals surface area (Å²) < 4.78 is 13.3. The molecule has 0 amide bonds. The topological polar surface area (TPSA) is 96.9 Å². The van der Waals surface area contributed by atoms with Gasteiger partial charge in [-0.2, -0.15) is 0 Å². The number of nitrogen functional groups attached to an aromatic ring is 1. The second-order valence-corrected chi connectivity index (χ2v) is 4.71. The van der Waals surface area contributed by atoms with Gasteiger partial charge in [-0.05, 0) is 30.3 Å². The summed E-state index contributed by atoms with van der Waals surface area (Å²) in [6.07, 6.45) is -0.792. The van der Waals surface area contributed by atoms with Gasteiger partial charge in [0.05, 0.1) is 5.56 Å². The van der Waals surface area contributed by atoms with Crippen LogP contribution in [0.5, 0.6) is 0 Å². The quantitative estimate of drug-likeness (QED) is 0.754. The van der Waals surface area contributed by atoms with E-state index in [1.807, 2.05) is 0 Å². The molecule has 2 aromatic rings. The van der Waals surface area contributed by atoms with E-state index in [-0.39, 0.29) is 5.56 Å². The van der Waals surface area contributed by atoms with Gasteiger partial charge in [-0.1, -0.05) is 12.1 Å². The van der Waals surface area contributed by atoms with E-state index >= 15 is 0 Å². The number of rotatable bonds is 3. The number of anilines is 1. The van der Waals surface area contributed by atoms with Gasteiger partial charge in [0, 0.05) is 16.8 Å². The van der Waals surface area contributed by atoms with Crippen LogP contribution in [0.2, 0.25) is 0 Å². The second-order valence-electron chi connectivity index (χ2n) is 4.71. The summed E-state index contributed by atoms with van der Waals surface area (Å²) in [7, 11) is 0. The number of aliphatic imine (C=N–C) groups is 1. The number of nitrogens with one attached hydrogen (secondary N) is 1. The molecule has 1 aliphatic rings. The summed E-state index contributed by atoms with van der Waals surface area (Å²) in [4.78, 5) is 20.6. The molecule has 22 heavy (non-hydrogen) atoms. The third kappa shape index (κ3) is 2.61. The first-order chi connectivity index (χ1) is 10.5. The highest BCUT2D eigenvalue weighted by atomic mass is 19.1. The maximum Gasteiger partial charge on any atom is 0.335 e. The van der Waals surface area contributed by atoms with Gasteiger partial charge >= 0.3 is 5.97 Å². The molecule has 0 fully saturated rings. The molecule has 0 radical (unpaired) electrons. The number of halogens is 1. The average molecular weight is 301 g/mol. The van der Waals surface area contributed by atoms with E-state index in [1.165, 1.54) is 30.3 Å². The van der Waals surface area contributed by atoms with Crippen LogP contribution in [-0.2, 0) is 4.84 Å². The van der Waals surface area contributed by atoms with Crippen molar-refractivity contribution in [1.29, 1.82) is 0 Å². The van der Waals surface area contributed by atoms with E-state index in [1.54, 1.807) is 12.1 Å². The molecule has 0 saturated heterocycles. The molecule has 1 aliphatic heterocycles. The van der Waals surface area contributed by atoms with Crippen molar-refractivity contribution in [2.75, 3.05) is 5.73 Å². The van der Waals surface area contributed by atoms with Gasteiger partial charge < -0.3 is 10.8 Å². The molecule has 0 spiro atoms. The minimum Gasteiger partial charge on any atom is -0.478 e. The largest absolute Gasteiger partial charge is 0.478 e. The first-order valence-electron chi connectivity index (χ1n) is 6.43. The lowest BCUT2D eigenvalue weighted by molar-refractivity contribution is 0.0379. The second kappa shape index (κ2) is 5.45. The number of amidine groups is 1. The van der Waals surface area contributed by atoms with Gasteiger partial charge in [-0.25, -0.2) is 24.5 Å². The molecule has 1 heterocycles. The lowest BCUT2D eigenvalue weighted by atomic mass is 10.1. The van der Waals surface area contributed by atoms with Gasteiger partial charge in [0.2, 0.25) is 6.23 Å². The van der Waals surface area contributed by atoms with Crippen LogP contribution in [0.15, 0.2) is 47.5 Å². The fourth-order valence-corrected chi connectivity index (χ4v) is 2.11. The van der Waals surface area contributed by atoms with Crippen molar-refractivity contribution in [3.05, 3.63) is 65.0 Å². The first kappa shape index (κ1) is 14.0. The molecule has 7 heteroatoms. The Hall–Kier alpha value is -2.93. The van der Waals surface area contributed by atoms with Crippen molar-refractivity contribution in [3.63, 3.8) is 0 Å². The Kier molecular flexibility index (Phi) is 3.48. The number of benzene rings is 2. The minimum atomic E-state index is -1.03. The van der Waals surface area contributed by atoms with Crippen LogP contribution in [0.1, 0.15) is 27.7 Å². The van der Waals surface area contributed by atoms with Crippen LogP contribution in [0, 0.1) is 5.82 Å². The number of hydroxylamine groups is 1. The Balaban J connectivity index is 1.93. The number of nitrogens with zero attached hydrogens (tertiary/aromatic N) is 1. The SMILES string of the molecule is Nc1ccc(F)cc1C1N=C(c2cccc(C(=O)O)c2)NO1. The van der Waals surface area contributed by atoms with E-state index in [2.05, 4.69) is 10.5 Å². The van der Waals surface area contributed by atoms with Gasteiger partial charge in [-0.3, -0.25) is 0 Å². The fourth-order valence-electron chi connectivity index (χ4n) is 2.11. The maximum absolute atomic E-state index is 13.3. The highest BCUT2D eigenvalue weighted by molar-refractivity contribution is 6.01. The van der Waals surface area contributed by atoms with Crippen molar-refractivity contribution in [2.24, 2.45) is 4.99 Å². The summed E-state index contributed by atoms with van der Waals surface area (Å²) in [6, 6.07) is 10.2. The normalized spacial score (nSPS) is 17.0. The van der Waals surface area contributed by atoms with Crippen molar-refractivity contribution in [2.45, 2.75) is 6.23 Å². The molecule has 0 saturated carbocycles. The lowest BCUT2D eigenvalue weighted by Crippen LogP contribution is -2.18. The monoisotopic (exact) mass is 301 g/mol. The molecule has 0 bridgehead atoms. The minimum absolute atomic E-state index is 0.135. The number of carboxylic acid groups (broad SMARTS) is 1. The Morgan fingerprint density at radius 2 is 2.14 bits per heavy atom. The van der Waals surface area contributed by atoms with Crippen molar-refractivity contribution in [3.8, 4) is 0 Å². The van der Waals surface area contributed by atoms with Crippen molar-refractivity contribution >= 4 is 17.5 Å². The van der Waals surface area contributed by atoms with Crippen LogP contribution >= 0.6 is 0 Å². The van der Waals surface area contributed by atoms with Gasteiger partial charge in [0.25, 0.3) is 0 Å². The molecule has 2 aromatic carbocycles. The van der Waals surface area contributed by atoms with Crippen molar-refractivity contribution < 1.29 is 19.1 Å². The Bertz CT molecular complexity index is 776. The summed E-state index contributed by atoms with van der Waals surface area (Å²) in [6.45, 7) is 0. The molecular formula is C15H12FN3O3. The van der Waals surface area contributed by atoms with Crippen LogP contribution in [0.4, 0.5) is 10.1 Å². The third-order valence-electron chi connectivity index (χ3n) is 3.21. The number of carboxylic acids is 1. The molecule has 3 rings (SSSR count). The summed E-state index contributed by atoms with van der Waals surface area (Å²) in [5.41, 5.74) is 9.86. The number of hydrogen-bond donors (Lipinski definition) is 3. The summed E-state index contributed by atoms with van der Waals surface area (Å²) >= 11 is 0. The van der Waals surface area contributed by atoms with Gasteiger partial charge in [-0.15, -0.1) is 0 Å². The fraction of sp³-hybridized carbons (Fsp3) is 0.0667. The standard InChI is InChI=1S/C15H12FN3O3/c16-10-4-5-12(17)11(7-10)14-18-13(19-22-14)8-2-1-3-9(6-8)15(20)21/h1-7,14H,17H2,(H,18,19)(H,20,21). The summed E-state index contributed by atoms with van der Waals surface area (Å²) in [5.74, 6) is -1.12. The molecule has 1 atom stereocenters. The maximum atomic E-state index is 13.3. The number of nitrogens with two attached hydrogens (primary N) is 1. The third-order valence-corrected chi connectivity index (χ3v) is 3.21. The van der Waals surface area contributed by atoms with E-state index < -0.39 is 18.0 Å². The Morgan fingerprint density at radius 1 is 1.32 bits per heavy atom. The van der Waals surface area contributed by atoms with E-state index in [0.29, 0.717) is 22.6 Å². The molecule has 0 aromatic heterocycles. The van der Waals surface area contributed by atoms with Crippen LogP contribution in [0.3, 0.4) is 0 Å². The molecule has 112 valence electrons. The van der Waals surface area contributed by atoms with E-state index in [4.69, 9.17) is 15.7 Å². The van der Waals surface area contributed by atoms with Gasteiger partial charge in [0.1, 0.15) is 5.82 Å².